The molecular weight excluding hydrogens is 268 g/mol. The Morgan fingerprint density at radius 3 is 2.39 bits per heavy atom. The lowest BCUT2D eigenvalue weighted by molar-refractivity contribution is 0.545. The summed E-state index contributed by atoms with van der Waals surface area (Å²) in [6.07, 6.45) is 0.462. The van der Waals surface area contributed by atoms with Crippen molar-refractivity contribution in [3.63, 3.8) is 0 Å². The minimum atomic E-state index is -3.40. The molecule has 18 heavy (non-hydrogen) atoms. The molecule has 0 amide bonds. The number of hydrogen-bond acceptors (Lipinski definition) is 3. The van der Waals surface area contributed by atoms with Gasteiger partial charge in [0.25, 0.3) is 0 Å². The van der Waals surface area contributed by atoms with E-state index in [1.807, 2.05) is 30.3 Å². The lowest BCUT2D eigenvalue weighted by Crippen LogP contribution is -2.52. The van der Waals surface area contributed by atoms with Gasteiger partial charge in [-0.25, -0.2) is 13.1 Å². The fourth-order valence-corrected chi connectivity index (χ4v) is 3.00. The first-order valence-electron chi connectivity index (χ1n) is 5.58. The Labute approximate surface area is 114 Å². The van der Waals surface area contributed by atoms with Gasteiger partial charge in [0, 0.05) is 0 Å². The van der Waals surface area contributed by atoms with Crippen molar-refractivity contribution in [2.75, 3.05) is 5.75 Å². The van der Waals surface area contributed by atoms with Crippen LogP contribution in [0.25, 0.3) is 0 Å². The minimum Gasteiger partial charge on any atom is -0.392 e. The summed E-state index contributed by atoms with van der Waals surface area (Å²) in [7, 11) is -3.40. The predicted molar refractivity (Wildman–Crippen MR) is 77.9 cm³/mol. The normalized spacial score (nSPS) is 12.3. The molecule has 100 valence electrons. The van der Waals surface area contributed by atoms with Gasteiger partial charge in [-0.1, -0.05) is 42.5 Å². The smallest absolute Gasteiger partial charge is 0.212 e. The summed E-state index contributed by atoms with van der Waals surface area (Å²) in [6.45, 7) is 3.30. The Bertz CT molecular complexity index is 510. The highest BCUT2D eigenvalue weighted by Gasteiger charge is 2.27. The fourth-order valence-electron chi connectivity index (χ4n) is 1.39. The third kappa shape index (κ3) is 4.72. The van der Waals surface area contributed by atoms with Crippen molar-refractivity contribution in [1.82, 2.24) is 4.72 Å². The van der Waals surface area contributed by atoms with Crippen LogP contribution < -0.4 is 10.5 Å². The van der Waals surface area contributed by atoms with Gasteiger partial charge in [-0.05, 0) is 25.8 Å². The molecule has 0 heterocycles. The number of hydrogen-bond donors (Lipinski definition) is 2. The van der Waals surface area contributed by atoms with Crippen molar-refractivity contribution < 1.29 is 8.42 Å². The van der Waals surface area contributed by atoms with Crippen molar-refractivity contribution in [1.29, 1.82) is 0 Å². The highest BCUT2D eigenvalue weighted by Crippen LogP contribution is 2.07. The molecule has 0 aromatic heterocycles. The molecule has 0 saturated carbocycles. The van der Waals surface area contributed by atoms with Crippen LogP contribution in [0.2, 0.25) is 0 Å². The standard InChI is InChI=1S/C12H18N2O2S2/c1-12(2,11(13)17)14-18(15,16)9-8-10-6-4-3-5-7-10/h3-7,14H,8-9H2,1-2H3,(H2,13,17). The summed E-state index contributed by atoms with van der Waals surface area (Å²) in [5, 5.41) is 0. The summed E-state index contributed by atoms with van der Waals surface area (Å²) in [4.78, 5) is 0.130. The zero-order valence-electron chi connectivity index (χ0n) is 10.5. The Morgan fingerprint density at radius 2 is 1.89 bits per heavy atom. The van der Waals surface area contributed by atoms with E-state index in [0.29, 0.717) is 6.42 Å². The molecule has 6 heteroatoms. The van der Waals surface area contributed by atoms with Crippen molar-refractivity contribution in [2.24, 2.45) is 5.73 Å². The van der Waals surface area contributed by atoms with Crippen molar-refractivity contribution in [3.8, 4) is 0 Å². The Balaban J connectivity index is 2.64. The third-order valence-electron chi connectivity index (χ3n) is 2.53. The summed E-state index contributed by atoms with van der Waals surface area (Å²) in [6, 6.07) is 9.46. The number of nitrogens with two attached hydrogens (primary N) is 1. The number of sulfonamides is 1. The lowest BCUT2D eigenvalue weighted by Gasteiger charge is -2.24. The molecule has 4 nitrogen and oxygen atoms in total. The van der Waals surface area contributed by atoms with Crippen LogP contribution in [0.5, 0.6) is 0 Å². The molecule has 0 radical (unpaired) electrons. The van der Waals surface area contributed by atoms with Crippen LogP contribution in [-0.2, 0) is 16.4 Å². The lowest BCUT2D eigenvalue weighted by atomic mass is 10.1. The molecular formula is C12H18N2O2S2. The molecule has 0 unspecified atom stereocenters. The molecule has 0 fully saturated rings. The van der Waals surface area contributed by atoms with E-state index in [4.69, 9.17) is 18.0 Å². The van der Waals surface area contributed by atoms with Crippen LogP contribution in [-0.4, -0.2) is 24.7 Å². The van der Waals surface area contributed by atoms with E-state index in [9.17, 15) is 8.42 Å². The molecule has 1 aromatic carbocycles. The first kappa shape index (κ1) is 15.1. The van der Waals surface area contributed by atoms with E-state index in [1.165, 1.54) is 0 Å². The summed E-state index contributed by atoms with van der Waals surface area (Å²) in [5.74, 6) is 0.0169. The van der Waals surface area contributed by atoms with Gasteiger partial charge in [0.2, 0.25) is 10.0 Å². The molecule has 1 rings (SSSR count). The van der Waals surface area contributed by atoms with E-state index >= 15 is 0 Å². The summed E-state index contributed by atoms with van der Waals surface area (Å²) < 4.78 is 26.3. The maximum atomic E-state index is 11.9. The second kappa shape index (κ2) is 5.77. The van der Waals surface area contributed by atoms with Gasteiger partial charge in [-0.3, -0.25) is 0 Å². The Morgan fingerprint density at radius 1 is 1.33 bits per heavy atom. The van der Waals surface area contributed by atoms with E-state index < -0.39 is 15.6 Å². The van der Waals surface area contributed by atoms with E-state index in [-0.39, 0.29) is 10.7 Å². The van der Waals surface area contributed by atoms with Crippen LogP contribution in [0.1, 0.15) is 19.4 Å². The summed E-state index contributed by atoms with van der Waals surface area (Å²) >= 11 is 4.83. The number of rotatable bonds is 6. The van der Waals surface area contributed by atoms with Gasteiger partial charge < -0.3 is 5.73 Å². The number of nitrogens with one attached hydrogen (secondary N) is 1. The fraction of sp³-hybridized carbons (Fsp3) is 0.417. The van der Waals surface area contributed by atoms with Crippen LogP contribution >= 0.6 is 12.2 Å². The van der Waals surface area contributed by atoms with Crippen LogP contribution in [0.15, 0.2) is 30.3 Å². The molecule has 0 spiro atoms. The average molecular weight is 286 g/mol. The summed E-state index contributed by atoms with van der Waals surface area (Å²) in [5.41, 5.74) is 5.57. The van der Waals surface area contributed by atoms with Crippen molar-refractivity contribution in [2.45, 2.75) is 25.8 Å². The zero-order valence-corrected chi connectivity index (χ0v) is 12.1. The number of aryl methyl sites for hydroxylation is 1. The van der Waals surface area contributed by atoms with Crippen molar-refractivity contribution in [3.05, 3.63) is 35.9 Å². The topological polar surface area (TPSA) is 72.2 Å². The largest absolute Gasteiger partial charge is 0.392 e. The van der Waals surface area contributed by atoms with Crippen molar-refractivity contribution >= 4 is 27.2 Å². The van der Waals surface area contributed by atoms with Gasteiger partial charge >= 0.3 is 0 Å². The number of thiocarbonyl (C=S) groups is 1. The van der Waals surface area contributed by atoms with Crippen LogP contribution in [0.3, 0.4) is 0 Å². The molecule has 0 bridgehead atoms. The van der Waals surface area contributed by atoms with Gasteiger partial charge in [-0.2, -0.15) is 0 Å². The molecule has 0 aliphatic heterocycles. The third-order valence-corrected chi connectivity index (χ3v) is 4.60. The Kier molecular flexibility index (Phi) is 4.84. The molecule has 1 aromatic rings. The molecule has 0 aliphatic rings. The Hall–Kier alpha value is -0.980. The van der Waals surface area contributed by atoms with E-state index in [0.717, 1.165) is 5.56 Å². The van der Waals surface area contributed by atoms with Gasteiger partial charge in [-0.15, -0.1) is 0 Å². The van der Waals surface area contributed by atoms with Gasteiger partial charge in [0.1, 0.15) is 0 Å². The maximum Gasteiger partial charge on any atom is 0.212 e. The second-order valence-corrected chi connectivity index (χ2v) is 6.93. The minimum absolute atomic E-state index is 0.0169. The highest BCUT2D eigenvalue weighted by atomic mass is 32.2. The van der Waals surface area contributed by atoms with E-state index in [2.05, 4.69) is 4.72 Å². The maximum absolute atomic E-state index is 11.9. The van der Waals surface area contributed by atoms with E-state index in [1.54, 1.807) is 13.8 Å². The molecule has 0 aliphatic carbocycles. The zero-order chi connectivity index (χ0) is 13.8. The second-order valence-electron chi connectivity index (χ2n) is 4.65. The monoisotopic (exact) mass is 286 g/mol. The molecule has 0 atom stereocenters. The highest BCUT2D eigenvalue weighted by molar-refractivity contribution is 7.89. The van der Waals surface area contributed by atoms with Crippen LogP contribution in [0.4, 0.5) is 0 Å². The van der Waals surface area contributed by atoms with Gasteiger partial charge in [0.05, 0.1) is 16.3 Å². The SMILES string of the molecule is CC(C)(NS(=O)(=O)CCc1ccccc1)C(N)=S. The van der Waals surface area contributed by atoms with Crippen LogP contribution in [0, 0.1) is 0 Å². The first-order chi connectivity index (χ1) is 8.23. The average Bonchev–Trinajstić information content (AvgIpc) is 2.26. The molecule has 3 N–H and O–H groups in total. The van der Waals surface area contributed by atoms with Gasteiger partial charge in [0.15, 0.2) is 0 Å². The first-order valence-corrected chi connectivity index (χ1v) is 7.64. The number of benzene rings is 1. The molecule has 0 saturated heterocycles. The quantitative estimate of drug-likeness (QED) is 0.771. The predicted octanol–water partition coefficient (Wildman–Crippen LogP) is 1.21.